The number of nitrogens with one attached hydrogen (secondary N) is 1. The van der Waals surface area contributed by atoms with Crippen molar-refractivity contribution in [3.63, 3.8) is 0 Å². The molecule has 0 aliphatic rings. The van der Waals surface area contributed by atoms with Crippen molar-refractivity contribution in [3.8, 4) is 11.3 Å². The second-order valence-corrected chi connectivity index (χ2v) is 4.23. The highest BCUT2D eigenvalue weighted by molar-refractivity contribution is 5.92. The first-order valence-corrected chi connectivity index (χ1v) is 6.42. The fraction of sp³-hybridized carbons (Fsp3) is 0.125. The van der Waals surface area contributed by atoms with E-state index in [1.54, 1.807) is 6.92 Å². The third-order valence-electron chi connectivity index (χ3n) is 2.82. The molecular weight excluding hydrogens is 252 g/mol. The lowest BCUT2D eigenvalue weighted by atomic mass is 10.1. The molecular formula is C16H16N2O2. The summed E-state index contributed by atoms with van der Waals surface area (Å²) in [5.74, 6) is -0.745. The number of carbonyl (C=O) groups is 1. The van der Waals surface area contributed by atoms with E-state index in [0.29, 0.717) is 0 Å². The van der Waals surface area contributed by atoms with Crippen molar-refractivity contribution in [1.29, 1.82) is 0 Å². The Hall–Kier alpha value is -2.62. The van der Waals surface area contributed by atoms with Crippen LogP contribution in [0.25, 0.3) is 22.2 Å². The zero-order chi connectivity index (χ0) is 14.4. The van der Waals surface area contributed by atoms with Crippen LogP contribution in [0.1, 0.15) is 13.3 Å². The van der Waals surface area contributed by atoms with E-state index in [4.69, 9.17) is 5.11 Å². The van der Waals surface area contributed by atoms with Gasteiger partial charge in [-0.25, -0.2) is 0 Å². The minimum atomic E-state index is -0.745. The fourth-order valence-electron chi connectivity index (χ4n) is 1.78. The molecule has 1 heterocycles. The Labute approximate surface area is 117 Å². The Morgan fingerprint density at radius 1 is 1.10 bits per heavy atom. The minimum absolute atomic E-state index is 0.222. The Bertz CT molecular complexity index is 690. The first-order chi connectivity index (χ1) is 9.72. The van der Waals surface area contributed by atoms with Crippen LogP contribution in [0.3, 0.4) is 0 Å². The number of rotatable bonds is 2. The van der Waals surface area contributed by atoms with E-state index < -0.39 is 5.97 Å². The van der Waals surface area contributed by atoms with Gasteiger partial charge in [0.1, 0.15) is 0 Å². The highest BCUT2D eigenvalue weighted by Gasteiger charge is 2.05. The first-order valence-electron chi connectivity index (χ1n) is 6.42. The van der Waals surface area contributed by atoms with Crippen LogP contribution in [-0.2, 0) is 4.79 Å². The molecule has 0 amide bonds. The molecule has 4 nitrogen and oxygen atoms in total. The Morgan fingerprint density at radius 2 is 1.70 bits per heavy atom. The van der Waals surface area contributed by atoms with Crippen molar-refractivity contribution in [3.05, 3.63) is 54.6 Å². The molecule has 0 bridgehead atoms. The summed E-state index contributed by atoms with van der Waals surface area (Å²) in [5.41, 5.74) is 3.25. The number of fused-ring (bicyclic) bond motifs is 1. The molecule has 3 aromatic rings. The van der Waals surface area contributed by atoms with E-state index >= 15 is 0 Å². The molecule has 0 spiro atoms. The lowest BCUT2D eigenvalue weighted by Crippen LogP contribution is -1.86. The zero-order valence-electron chi connectivity index (χ0n) is 11.2. The van der Waals surface area contributed by atoms with Crippen molar-refractivity contribution < 1.29 is 9.90 Å². The van der Waals surface area contributed by atoms with Gasteiger partial charge in [0.25, 0.3) is 0 Å². The van der Waals surface area contributed by atoms with Crippen LogP contribution < -0.4 is 0 Å². The molecule has 0 fully saturated rings. The summed E-state index contributed by atoms with van der Waals surface area (Å²) in [7, 11) is 0. The van der Waals surface area contributed by atoms with Crippen molar-refractivity contribution in [1.82, 2.24) is 10.2 Å². The lowest BCUT2D eigenvalue weighted by Gasteiger charge is -1.95. The second kappa shape index (κ2) is 6.52. The molecule has 4 heteroatoms. The Kier molecular flexibility index (Phi) is 4.50. The number of aromatic amines is 1. The molecule has 0 saturated heterocycles. The van der Waals surface area contributed by atoms with E-state index in [1.807, 2.05) is 36.4 Å². The van der Waals surface area contributed by atoms with Gasteiger partial charge in [-0.1, -0.05) is 55.5 Å². The first kappa shape index (κ1) is 13.8. The number of H-pyrrole nitrogens is 1. The zero-order valence-corrected chi connectivity index (χ0v) is 11.2. The quantitative estimate of drug-likeness (QED) is 0.744. The van der Waals surface area contributed by atoms with E-state index in [-0.39, 0.29) is 6.42 Å². The van der Waals surface area contributed by atoms with E-state index in [2.05, 4.69) is 28.4 Å². The van der Waals surface area contributed by atoms with Crippen molar-refractivity contribution in [2.45, 2.75) is 13.3 Å². The molecule has 0 atom stereocenters. The minimum Gasteiger partial charge on any atom is -0.481 e. The molecule has 2 N–H and O–H groups in total. The molecule has 0 saturated carbocycles. The van der Waals surface area contributed by atoms with Gasteiger partial charge in [0.2, 0.25) is 0 Å². The number of hydrogen-bond donors (Lipinski definition) is 2. The van der Waals surface area contributed by atoms with Gasteiger partial charge in [-0.05, 0) is 6.07 Å². The molecule has 0 aliphatic carbocycles. The lowest BCUT2D eigenvalue weighted by molar-refractivity contribution is -0.136. The second-order valence-electron chi connectivity index (χ2n) is 4.23. The van der Waals surface area contributed by atoms with Crippen LogP contribution in [0, 0.1) is 0 Å². The number of carboxylic acid groups (broad SMARTS) is 1. The maximum absolute atomic E-state index is 9.37. The third-order valence-corrected chi connectivity index (χ3v) is 2.82. The van der Waals surface area contributed by atoms with Gasteiger partial charge in [-0.15, -0.1) is 0 Å². The maximum atomic E-state index is 9.37. The highest BCUT2D eigenvalue weighted by atomic mass is 16.4. The van der Waals surface area contributed by atoms with Crippen LogP contribution in [0.5, 0.6) is 0 Å². The van der Waals surface area contributed by atoms with Crippen molar-refractivity contribution in [2.75, 3.05) is 0 Å². The largest absolute Gasteiger partial charge is 0.481 e. The summed E-state index contributed by atoms with van der Waals surface area (Å²) in [6.45, 7) is 1.60. The van der Waals surface area contributed by atoms with Gasteiger partial charge in [-0.2, -0.15) is 5.10 Å². The number of carboxylic acids is 1. The molecule has 0 radical (unpaired) electrons. The normalized spacial score (nSPS) is 9.85. The van der Waals surface area contributed by atoms with Crippen LogP contribution in [0.2, 0.25) is 0 Å². The van der Waals surface area contributed by atoms with Crippen LogP contribution >= 0.6 is 0 Å². The summed E-state index contributed by atoms with van der Waals surface area (Å²) in [6.07, 6.45) is 0.222. The van der Waals surface area contributed by atoms with Gasteiger partial charge in [0.15, 0.2) is 0 Å². The number of nitrogens with zero attached hydrogens (tertiary/aromatic N) is 1. The van der Waals surface area contributed by atoms with Gasteiger partial charge >= 0.3 is 5.97 Å². The van der Waals surface area contributed by atoms with Crippen LogP contribution in [-0.4, -0.2) is 21.3 Å². The summed E-state index contributed by atoms with van der Waals surface area (Å²) in [4.78, 5) is 9.37. The standard InChI is InChI=1S/C13H10N2.C3H6O2/c1-2-6-10(7-3-1)13-11-8-4-5-9-12(11)14-15-13;1-2-3(4)5/h1-9H,(H,14,15);2H2,1H3,(H,4,5). The van der Waals surface area contributed by atoms with Crippen LogP contribution in [0.15, 0.2) is 54.6 Å². The van der Waals surface area contributed by atoms with Gasteiger partial charge < -0.3 is 5.11 Å². The number of para-hydroxylation sites is 1. The number of benzene rings is 2. The van der Waals surface area contributed by atoms with Crippen molar-refractivity contribution >= 4 is 16.9 Å². The van der Waals surface area contributed by atoms with E-state index in [0.717, 1.165) is 16.8 Å². The molecule has 2 aromatic carbocycles. The summed E-state index contributed by atoms with van der Waals surface area (Å²) < 4.78 is 0. The van der Waals surface area contributed by atoms with E-state index in [1.165, 1.54) is 5.39 Å². The Morgan fingerprint density at radius 3 is 2.35 bits per heavy atom. The molecule has 20 heavy (non-hydrogen) atoms. The molecule has 0 unspecified atom stereocenters. The highest BCUT2D eigenvalue weighted by Crippen LogP contribution is 2.25. The predicted octanol–water partition coefficient (Wildman–Crippen LogP) is 3.71. The van der Waals surface area contributed by atoms with Gasteiger partial charge in [-0.3, -0.25) is 9.89 Å². The summed E-state index contributed by atoms with van der Waals surface area (Å²) in [6, 6.07) is 18.4. The molecule has 102 valence electrons. The molecule has 0 aliphatic heterocycles. The van der Waals surface area contributed by atoms with E-state index in [9.17, 15) is 4.79 Å². The summed E-state index contributed by atoms with van der Waals surface area (Å²) in [5, 5.41) is 16.3. The monoisotopic (exact) mass is 268 g/mol. The molecule has 1 aromatic heterocycles. The number of hydrogen-bond acceptors (Lipinski definition) is 2. The SMILES string of the molecule is CCC(=O)O.c1ccc(-c2n[nH]c3ccccc23)cc1. The maximum Gasteiger partial charge on any atom is 0.303 e. The summed E-state index contributed by atoms with van der Waals surface area (Å²) >= 11 is 0. The topological polar surface area (TPSA) is 66.0 Å². The number of aromatic nitrogens is 2. The van der Waals surface area contributed by atoms with Crippen LogP contribution in [0.4, 0.5) is 0 Å². The number of aliphatic carboxylic acids is 1. The third kappa shape index (κ3) is 3.23. The average Bonchev–Trinajstić information content (AvgIpc) is 2.92. The van der Waals surface area contributed by atoms with Gasteiger partial charge in [0.05, 0.1) is 11.2 Å². The van der Waals surface area contributed by atoms with Gasteiger partial charge in [0, 0.05) is 17.4 Å². The predicted molar refractivity (Wildman–Crippen MR) is 79.5 cm³/mol. The Balaban J connectivity index is 0.000000257. The fourth-order valence-corrected chi connectivity index (χ4v) is 1.78. The smallest absolute Gasteiger partial charge is 0.303 e. The molecule has 3 rings (SSSR count). The average molecular weight is 268 g/mol. The van der Waals surface area contributed by atoms with Crippen molar-refractivity contribution in [2.24, 2.45) is 0 Å².